The van der Waals surface area contributed by atoms with Crippen molar-refractivity contribution in [2.75, 3.05) is 12.1 Å². The van der Waals surface area contributed by atoms with Crippen LogP contribution in [0.15, 0.2) is 42.5 Å². The molecule has 142 valence electrons. The molecular weight excluding hydrogens is 356 g/mol. The summed E-state index contributed by atoms with van der Waals surface area (Å²) in [4.78, 5) is 12.6. The second-order valence-electron chi connectivity index (χ2n) is 7.01. The minimum absolute atomic E-state index is 0.186. The number of nitrogens with one attached hydrogen (secondary N) is 1. The lowest BCUT2D eigenvalue weighted by molar-refractivity contribution is 0.102. The summed E-state index contributed by atoms with van der Waals surface area (Å²) in [6.45, 7) is 1.12. The molecule has 1 amide bonds. The fraction of sp³-hybridized carbons (Fsp3) is 0.286. The van der Waals surface area contributed by atoms with Gasteiger partial charge in [-0.05, 0) is 43.2 Å². The van der Waals surface area contributed by atoms with Crippen LogP contribution in [0.2, 0.25) is 0 Å². The zero-order chi connectivity index (χ0) is 18.9. The van der Waals surface area contributed by atoms with Crippen LogP contribution in [0.4, 0.5) is 5.69 Å². The first-order valence-corrected chi connectivity index (χ1v) is 9.51. The van der Waals surface area contributed by atoms with Gasteiger partial charge in [0.05, 0.1) is 0 Å². The average molecular weight is 376 g/mol. The quantitative estimate of drug-likeness (QED) is 0.755. The zero-order valence-electron chi connectivity index (χ0n) is 15.4. The molecule has 5 rings (SSSR count). The van der Waals surface area contributed by atoms with E-state index in [1.165, 1.54) is 6.42 Å². The van der Waals surface area contributed by atoms with Crippen molar-refractivity contribution in [2.24, 2.45) is 0 Å². The molecule has 0 aliphatic carbocycles. The van der Waals surface area contributed by atoms with Crippen LogP contribution in [-0.4, -0.2) is 27.5 Å². The fourth-order valence-electron chi connectivity index (χ4n) is 3.68. The van der Waals surface area contributed by atoms with Crippen molar-refractivity contribution in [3.63, 3.8) is 0 Å². The molecule has 2 aromatic carbocycles. The maximum absolute atomic E-state index is 12.6. The van der Waals surface area contributed by atoms with Gasteiger partial charge in [-0.25, -0.2) is 0 Å². The lowest BCUT2D eigenvalue weighted by Gasteiger charge is -2.10. The number of hydrogen-bond acceptors (Lipinski definition) is 5. The summed E-state index contributed by atoms with van der Waals surface area (Å²) in [6, 6.07) is 12.9. The third-order valence-corrected chi connectivity index (χ3v) is 5.12. The SMILES string of the molecule is O=C(Nc1cccc(-c2nnc3n2CCCCC3)c1)c1ccc2c(c1)OCO2. The van der Waals surface area contributed by atoms with Gasteiger partial charge in [-0.3, -0.25) is 4.79 Å². The fourth-order valence-corrected chi connectivity index (χ4v) is 3.68. The number of anilines is 1. The molecular formula is C21H20N4O3. The predicted octanol–water partition coefficient (Wildman–Crippen LogP) is 3.65. The molecule has 0 spiro atoms. The van der Waals surface area contributed by atoms with Gasteiger partial charge in [0.15, 0.2) is 17.3 Å². The summed E-state index contributed by atoms with van der Waals surface area (Å²) in [5, 5.41) is 11.7. The van der Waals surface area contributed by atoms with E-state index in [2.05, 4.69) is 20.1 Å². The van der Waals surface area contributed by atoms with Gasteiger partial charge in [-0.2, -0.15) is 0 Å². The first-order valence-electron chi connectivity index (χ1n) is 9.51. The topological polar surface area (TPSA) is 78.3 Å². The van der Waals surface area contributed by atoms with E-state index in [0.717, 1.165) is 43.0 Å². The Morgan fingerprint density at radius 2 is 1.93 bits per heavy atom. The number of aryl methyl sites for hydroxylation is 1. The Morgan fingerprint density at radius 1 is 1.00 bits per heavy atom. The summed E-state index contributed by atoms with van der Waals surface area (Å²) >= 11 is 0. The highest BCUT2D eigenvalue weighted by atomic mass is 16.7. The number of carbonyl (C=O) groups excluding carboxylic acids is 1. The molecule has 0 saturated carbocycles. The zero-order valence-corrected chi connectivity index (χ0v) is 15.4. The number of ether oxygens (including phenoxy) is 2. The highest BCUT2D eigenvalue weighted by Gasteiger charge is 2.18. The molecule has 28 heavy (non-hydrogen) atoms. The van der Waals surface area contributed by atoms with Gasteiger partial charge in [-0.1, -0.05) is 18.6 Å². The molecule has 2 aliphatic rings. The first-order chi connectivity index (χ1) is 13.8. The number of fused-ring (bicyclic) bond motifs is 2. The maximum atomic E-state index is 12.6. The summed E-state index contributed by atoms with van der Waals surface area (Å²) in [7, 11) is 0. The summed E-state index contributed by atoms with van der Waals surface area (Å²) in [6.07, 6.45) is 4.48. The number of benzene rings is 2. The molecule has 0 fully saturated rings. The molecule has 3 aromatic rings. The number of amides is 1. The number of carbonyl (C=O) groups is 1. The lowest BCUT2D eigenvalue weighted by Crippen LogP contribution is -2.12. The molecule has 2 aliphatic heterocycles. The van der Waals surface area contributed by atoms with Gasteiger partial charge < -0.3 is 19.4 Å². The minimum Gasteiger partial charge on any atom is -0.454 e. The Balaban J connectivity index is 1.39. The minimum atomic E-state index is -0.199. The number of nitrogens with zero attached hydrogens (tertiary/aromatic N) is 3. The van der Waals surface area contributed by atoms with E-state index in [1.807, 2.05) is 24.3 Å². The Labute approximate surface area is 162 Å². The van der Waals surface area contributed by atoms with Crippen molar-refractivity contribution in [1.82, 2.24) is 14.8 Å². The van der Waals surface area contributed by atoms with Crippen molar-refractivity contribution >= 4 is 11.6 Å². The van der Waals surface area contributed by atoms with E-state index in [0.29, 0.717) is 22.7 Å². The molecule has 0 saturated heterocycles. The van der Waals surface area contributed by atoms with Gasteiger partial charge in [0.1, 0.15) is 5.82 Å². The Morgan fingerprint density at radius 3 is 2.89 bits per heavy atom. The van der Waals surface area contributed by atoms with Crippen LogP contribution in [-0.2, 0) is 13.0 Å². The lowest BCUT2D eigenvalue weighted by atomic mass is 10.1. The van der Waals surface area contributed by atoms with Gasteiger partial charge >= 0.3 is 0 Å². The first kappa shape index (κ1) is 16.8. The molecule has 7 nitrogen and oxygen atoms in total. The number of aromatic nitrogens is 3. The molecule has 3 heterocycles. The van der Waals surface area contributed by atoms with Crippen LogP contribution in [0.5, 0.6) is 11.5 Å². The summed E-state index contributed by atoms with van der Waals surface area (Å²) in [5.41, 5.74) is 2.18. The largest absolute Gasteiger partial charge is 0.454 e. The van der Waals surface area contributed by atoms with Gasteiger partial charge in [0, 0.05) is 29.8 Å². The predicted molar refractivity (Wildman–Crippen MR) is 104 cm³/mol. The molecule has 0 atom stereocenters. The molecule has 7 heteroatoms. The standard InChI is InChI=1S/C21H20N4O3/c26-21(15-8-9-17-18(12-15)28-13-27-17)22-16-6-4-5-14(11-16)20-24-23-19-7-2-1-3-10-25(19)20/h4-6,8-9,11-12H,1-3,7,10,13H2,(H,22,26). The molecule has 0 unspecified atom stereocenters. The molecule has 0 bridgehead atoms. The van der Waals surface area contributed by atoms with E-state index in [9.17, 15) is 4.79 Å². The van der Waals surface area contributed by atoms with Gasteiger partial charge in [0.2, 0.25) is 6.79 Å². The molecule has 0 radical (unpaired) electrons. The molecule has 1 aromatic heterocycles. The van der Waals surface area contributed by atoms with Crippen molar-refractivity contribution in [1.29, 1.82) is 0 Å². The van der Waals surface area contributed by atoms with E-state index in [4.69, 9.17) is 9.47 Å². The Bertz CT molecular complexity index is 1040. The maximum Gasteiger partial charge on any atom is 0.255 e. The van der Waals surface area contributed by atoms with Gasteiger partial charge in [0.25, 0.3) is 5.91 Å². The average Bonchev–Trinajstić information content (AvgIpc) is 3.28. The van der Waals surface area contributed by atoms with Crippen LogP contribution in [0.3, 0.4) is 0 Å². The van der Waals surface area contributed by atoms with Crippen molar-refractivity contribution in [2.45, 2.75) is 32.2 Å². The van der Waals surface area contributed by atoms with Crippen LogP contribution in [0.25, 0.3) is 11.4 Å². The third kappa shape index (κ3) is 3.09. The monoisotopic (exact) mass is 376 g/mol. The highest BCUT2D eigenvalue weighted by molar-refractivity contribution is 6.04. The second-order valence-corrected chi connectivity index (χ2v) is 7.01. The van der Waals surface area contributed by atoms with E-state index < -0.39 is 0 Å². The van der Waals surface area contributed by atoms with Crippen LogP contribution >= 0.6 is 0 Å². The van der Waals surface area contributed by atoms with Crippen LogP contribution in [0.1, 0.15) is 35.4 Å². The third-order valence-electron chi connectivity index (χ3n) is 5.12. The Kier molecular flexibility index (Phi) is 4.20. The Hall–Kier alpha value is -3.35. The normalized spacial score (nSPS) is 15.0. The smallest absolute Gasteiger partial charge is 0.255 e. The van der Waals surface area contributed by atoms with E-state index >= 15 is 0 Å². The van der Waals surface area contributed by atoms with Crippen molar-refractivity contribution < 1.29 is 14.3 Å². The summed E-state index contributed by atoms with van der Waals surface area (Å²) < 4.78 is 12.8. The van der Waals surface area contributed by atoms with Crippen molar-refractivity contribution in [3.8, 4) is 22.9 Å². The van der Waals surface area contributed by atoms with Crippen LogP contribution in [0, 0.1) is 0 Å². The number of hydrogen-bond donors (Lipinski definition) is 1. The number of rotatable bonds is 3. The van der Waals surface area contributed by atoms with E-state index in [-0.39, 0.29) is 12.7 Å². The second kappa shape index (κ2) is 6.99. The van der Waals surface area contributed by atoms with E-state index in [1.54, 1.807) is 18.2 Å². The summed E-state index contributed by atoms with van der Waals surface area (Å²) in [5.74, 6) is 2.95. The van der Waals surface area contributed by atoms with Gasteiger partial charge in [-0.15, -0.1) is 10.2 Å². The van der Waals surface area contributed by atoms with Crippen LogP contribution < -0.4 is 14.8 Å². The highest BCUT2D eigenvalue weighted by Crippen LogP contribution is 2.33. The molecule has 1 N–H and O–H groups in total. The van der Waals surface area contributed by atoms with Crippen molar-refractivity contribution in [3.05, 3.63) is 53.9 Å².